The molecule has 1 aliphatic heterocycles. The third-order valence-electron chi connectivity index (χ3n) is 2.20. The molecule has 0 N–H and O–H groups in total. The Morgan fingerprint density at radius 3 is 3.15 bits per heavy atom. The van der Waals surface area contributed by atoms with Gasteiger partial charge in [-0.3, -0.25) is 0 Å². The molecule has 2 nitrogen and oxygen atoms in total. The summed E-state index contributed by atoms with van der Waals surface area (Å²) < 4.78 is 0. The van der Waals surface area contributed by atoms with Crippen LogP contribution in [0.4, 0.5) is 5.69 Å². The predicted octanol–water partition coefficient (Wildman–Crippen LogP) is 2.47. The minimum atomic E-state index is 0.948. The second-order valence-corrected chi connectivity index (χ2v) is 3.64. The van der Waals surface area contributed by atoms with E-state index in [1.165, 1.54) is 5.56 Å². The Morgan fingerprint density at radius 1 is 1.54 bits per heavy atom. The van der Waals surface area contributed by atoms with Crippen molar-refractivity contribution in [3.63, 3.8) is 0 Å². The van der Waals surface area contributed by atoms with Crippen molar-refractivity contribution in [1.82, 2.24) is 4.90 Å². The maximum absolute atomic E-state index is 4.35. The molecule has 0 amide bonds. The second kappa shape index (κ2) is 3.42. The molecule has 68 valence electrons. The molecule has 0 fully saturated rings. The van der Waals surface area contributed by atoms with Crippen molar-refractivity contribution in [2.45, 2.75) is 18.4 Å². The van der Waals surface area contributed by atoms with E-state index in [1.807, 2.05) is 18.5 Å². The van der Waals surface area contributed by atoms with Crippen LogP contribution in [0.25, 0.3) is 0 Å². The number of hydrogen-bond donors (Lipinski definition) is 1. The van der Waals surface area contributed by atoms with Crippen molar-refractivity contribution in [1.29, 1.82) is 0 Å². The maximum atomic E-state index is 4.35. The molecular weight excluding hydrogens is 180 g/mol. The lowest BCUT2D eigenvalue weighted by molar-refractivity contribution is 0.443. The van der Waals surface area contributed by atoms with E-state index in [0.29, 0.717) is 0 Å². The zero-order valence-electron chi connectivity index (χ0n) is 7.57. The molecule has 0 unspecified atom stereocenters. The third kappa shape index (κ3) is 1.70. The summed E-state index contributed by atoms with van der Waals surface area (Å²) in [5.74, 6) is 0. The van der Waals surface area contributed by atoms with Crippen molar-refractivity contribution in [2.75, 3.05) is 6.54 Å². The normalized spacial score (nSPS) is 14.5. The van der Waals surface area contributed by atoms with Crippen LogP contribution >= 0.6 is 12.6 Å². The fraction of sp³-hybridized carbons (Fsp3) is 0.300. The van der Waals surface area contributed by atoms with Gasteiger partial charge < -0.3 is 4.90 Å². The van der Waals surface area contributed by atoms with Crippen molar-refractivity contribution in [2.24, 2.45) is 4.99 Å². The monoisotopic (exact) mass is 192 g/mol. The van der Waals surface area contributed by atoms with Gasteiger partial charge in [-0.15, -0.1) is 12.6 Å². The summed E-state index contributed by atoms with van der Waals surface area (Å²) in [7, 11) is 0. The first kappa shape index (κ1) is 8.63. The first-order valence-corrected chi connectivity index (χ1v) is 4.84. The molecule has 0 saturated carbocycles. The molecular formula is C10H12N2S. The van der Waals surface area contributed by atoms with E-state index in [1.54, 1.807) is 0 Å². The lowest BCUT2D eigenvalue weighted by Crippen LogP contribution is -2.23. The van der Waals surface area contributed by atoms with Crippen LogP contribution in [0.1, 0.15) is 12.5 Å². The highest BCUT2D eigenvalue weighted by molar-refractivity contribution is 7.80. The van der Waals surface area contributed by atoms with E-state index in [0.717, 1.165) is 23.7 Å². The molecule has 0 atom stereocenters. The van der Waals surface area contributed by atoms with Gasteiger partial charge in [-0.2, -0.15) is 0 Å². The first-order chi connectivity index (χ1) is 6.29. The number of nitrogens with zero attached hydrogens (tertiary/aromatic N) is 2. The topological polar surface area (TPSA) is 15.6 Å². The van der Waals surface area contributed by atoms with E-state index in [9.17, 15) is 0 Å². The van der Waals surface area contributed by atoms with Crippen LogP contribution < -0.4 is 0 Å². The summed E-state index contributed by atoms with van der Waals surface area (Å²) in [6.45, 7) is 4.07. The van der Waals surface area contributed by atoms with Gasteiger partial charge in [-0.05, 0) is 30.7 Å². The maximum Gasteiger partial charge on any atom is 0.0915 e. The molecule has 2 rings (SSSR count). The molecule has 1 aromatic carbocycles. The SMILES string of the molecule is CCN1C=Nc2ccc(S)cc2C1. The number of benzene rings is 1. The number of aliphatic imine (C=N–C) groups is 1. The minimum Gasteiger partial charge on any atom is -0.358 e. The Bertz CT molecular complexity index is 347. The van der Waals surface area contributed by atoms with E-state index < -0.39 is 0 Å². The summed E-state index contributed by atoms with van der Waals surface area (Å²) >= 11 is 4.31. The molecule has 3 heteroatoms. The van der Waals surface area contributed by atoms with Crippen LogP contribution in [0.2, 0.25) is 0 Å². The van der Waals surface area contributed by atoms with Crippen LogP contribution in [0.5, 0.6) is 0 Å². The fourth-order valence-electron chi connectivity index (χ4n) is 1.42. The van der Waals surface area contributed by atoms with Crippen LogP contribution in [0, 0.1) is 0 Å². The zero-order chi connectivity index (χ0) is 9.26. The van der Waals surface area contributed by atoms with Gasteiger partial charge in [0.2, 0.25) is 0 Å². The first-order valence-electron chi connectivity index (χ1n) is 4.39. The summed E-state index contributed by atoms with van der Waals surface area (Å²) in [6.07, 6.45) is 1.90. The highest BCUT2D eigenvalue weighted by Gasteiger charge is 2.09. The average molecular weight is 192 g/mol. The highest BCUT2D eigenvalue weighted by Crippen LogP contribution is 2.26. The van der Waals surface area contributed by atoms with E-state index in [-0.39, 0.29) is 0 Å². The average Bonchev–Trinajstić information content (AvgIpc) is 2.16. The largest absolute Gasteiger partial charge is 0.358 e. The van der Waals surface area contributed by atoms with E-state index >= 15 is 0 Å². The van der Waals surface area contributed by atoms with Crippen molar-refractivity contribution in [3.8, 4) is 0 Å². The Balaban J connectivity index is 2.36. The van der Waals surface area contributed by atoms with Gasteiger partial charge >= 0.3 is 0 Å². The van der Waals surface area contributed by atoms with Crippen molar-refractivity contribution >= 4 is 24.7 Å². The van der Waals surface area contributed by atoms with Crippen LogP contribution in [-0.4, -0.2) is 17.8 Å². The predicted molar refractivity (Wildman–Crippen MR) is 57.9 cm³/mol. The standard InChI is InChI=1S/C10H12N2S/c1-2-12-6-8-5-9(13)3-4-10(8)11-7-12/h3-5,7,13H,2,6H2,1H3. The molecule has 0 aromatic heterocycles. The Labute approximate surface area is 83.7 Å². The molecule has 0 radical (unpaired) electrons. The fourth-order valence-corrected chi connectivity index (χ4v) is 1.65. The molecule has 13 heavy (non-hydrogen) atoms. The van der Waals surface area contributed by atoms with Crippen molar-refractivity contribution in [3.05, 3.63) is 23.8 Å². The van der Waals surface area contributed by atoms with Crippen LogP contribution in [-0.2, 0) is 6.54 Å². The van der Waals surface area contributed by atoms with Gasteiger partial charge in [0.15, 0.2) is 0 Å². The zero-order valence-corrected chi connectivity index (χ0v) is 8.46. The molecule has 1 aromatic rings. The van der Waals surface area contributed by atoms with Gasteiger partial charge in [0.05, 0.1) is 12.0 Å². The summed E-state index contributed by atoms with van der Waals surface area (Å²) in [5, 5.41) is 0. The number of rotatable bonds is 1. The molecule has 0 aliphatic carbocycles. The number of thiol groups is 1. The molecule has 1 heterocycles. The molecule has 0 saturated heterocycles. The van der Waals surface area contributed by atoms with Gasteiger partial charge in [0, 0.05) is 18.0 Å². The number of hydrogen-bond acceptors (Lipinski definition) is 3. The highest BCUT2D eigenvalue weighted by atomic mass is 32.1. The summed E-state index contributed by atoms with van der Waals surface area (Å²) in [5.41, 5.74) is 2.33. The smallest absolute Gasteiger partial charge is 0.0915 e. The Kier molecular flexibility index (Phi) is 2.27. The van der Waals surface area contributed by atoms with Crippen LogP contribution in [0.15, 0.2) is 28.1 Å². The molecule has 0 spiro atoms. The summed E-state index contributed by atoms with van der Waals surface area (Å²) in [4.78, 5) is 7.54. The van der Waals surface area contributed by atoms with E-state index in [4.69, 9.17) is 0 Å². The van der Waals surface area contributed by atoms with Gasteiger partial charge in [-0.25, -0.2) is 4.99 Å². The molecule has 0 bridgehead atoms. The van der Waals surface area contributed by atoms with Gasteiger partial charge in [-0.1, -0.05) is 0 Å². The third-order valence-corrected chi connectivity index (χ3v) is 2.48. The van der Waals surface area contributed by atoms with Gasteiger partial charge in [0.25, 0.3) is 0 Å². The van der Waals surface area contributed by atoms with Crippen molar-refractivity contribution < 1.29 is 0 Å². The lowest BCUT2D eigenvalue weighted by Gasteiger charge is -2.22. The van der Waals surface area contributed by atoms with Crippen LogP contribution in [0.3, 0.4) is 0 Å². The van der Waals surface area contributed by atoms with E-state index in [2.05, 4.69) is 35.5 Å². The van der Waals surface area contributed by atoms with Gasteiger partial charge in [0.1, 0.15) is 0 Å². The Morgan fingerprint density at radius 2 is 2.38 bits per heavy atom. The molecule has 1 aliphatic rings. The number of fused-ring (bicyclic) bond motifs is 1. The minimum absolute atomic E-state index is 0.948. The summed E-state index contributed by atoms with van der Waals surface area (Å²) in [6, 6.07) is 6.07. The lowest BCUT2D eigenvalue weighted by atomic mass is 10.1. The Hall–Kier alpha value is -0.960. The second-order valence-electron chi connectivity index (χ2n) is 3.12. The quantitative estimate of drug-likeness (QED) is 0.676.